The van der Waals surface area contributed by atoms with Crippen LogP contribution in [0.4, 0.5) is 4.39 Å². The zero-order valence-corrected chi connectivity index (χ0v) is 14.6. The third kappa shape index (κ3) is 5.01. The van der Waals surface area contributed by atoms with Gasteiger partial charge in [-0.25, -0.2) is 4.39 Å². The molecule has 2 aliphatic rings. The minimum absolute atomic E-state index is 0.0378. The largest absolute Gasteiger partial charge is 0.339 e. The number of nitrogens with zero attached hydrogens (tertiary/aromatic N) is 3. The van der Waals surface area contributed by atoms with Crippen molar-refractivity contribution in [1.82, 2.24) is 14.7 Å². The fraction of sp³-hybridized carbons (Fsp3) is 0.579. The SMILES string of the molecule is O=C(CCN1CCCC1)N1CCN(C(=O)Cc2ccc(F)cc2)CC1. The molecule has 0 aromatic heterocycles. The van der Waals surface area contributed by atoms with E-state index in [2.05, 4.69) is 4.90 Å². The van der Waals surface area contributed by atoms with Gasteiger partial charge in [0.15, 0.2) is 0 Å². The summed E-state index contributed by atoms with van der Waals surface area (Å²) in [6.45, 7) is 5.44. The third-order valence-electron chi connectivity index (χ3n) is 5.09. The van der Waals surface area contributed by atoms with E-state index in [1.54, 1.807) is 17.0 Å². The highest BCUT2D eigenvalue weighted by Gasteiger charge is 2.24. The van der Waals surface area contributed by atoms with Crippen LogP contribution in [0.2, 0.25) is 0 Å². The van der Waals surface area contributed by atoms with Crippen molar-refractivity contribution < 1.29 is 14.0 Å². The molecule has 2 aliphatic heterocycles. The molecule has 0 aliphatic carbocycles. The molecule has 0 saturated carbocycles. The number of hydrogen-bond donors (Lipinski definition) is 0. The first-order valence-electron chi connectivity index (χ1n) is 9.14. The molecule has 6 heteroatoms. The summed E-state index contributed by atoms with van der Waals surface area (Å²) in [7, 11) is 0. The Kier molecular flexibility index (Phi) is 6.02. The van der Waals surface area contributed by atoms with Crippen LogP contribution in [-0.4, -0.2) is 72.3 Å². The maximum Gasteiger partial charge on any atom is 0.227 e. The van der Waals surface area contributed by atoms with Gasteiger partial charge in [0.2, 0.25) is 11.8 Å². The second-order valence-corrected chi connectivity index (χ2v) is 6.86. The molecule has 1 aromatic carbocycles. The van der Waals surface area contributed by atoms with Gasteiger partial charge in [0.1, 0.15) is 5.82 Å². The van der Waals surface area contributed by atoms with E-state index in [0.717, 1.165) is 25.2 Å². The monoisotopic (exact) mass is 347 g/mol. The van der Waals surface area contributed by atoms with Gasteiger partial charge in [-0.15, -0.1) is 0 Å². The van der Waals surface area contributed by atoms with Gasteiger partial charge in [-0.1, -0.05) is 12.1 Å². The van der Waals surface area contributed by atoms with Crippen molar-refractivity contribution in [2.24, 2.45) is 0 Å². The lowest BCUT2D eigenvalue weighted by atomic mass is 10.1. The number of piperazine rings is 1. The molecule has 0 N–H and O–H groups in total. The van der Waals surface area contributed by atoms with Crippen LogP contribution >= 0.6 is 0 Å². The molecule has 136 valence electrons. The summed E-state index contributed by atoms with van der Waals surface area (Å²) in [5, 5.41) is 0. The van der Waals surface area contributed by atoms with E-state index in [1.165, 1.54) is 25.0 Å². The average Bonchev–Trinajstić information content (AvgIpc) is 3.15. The third-order valence-corrected chi connectivity index (χ3v) is 5.09. The lowest BCUT2D eigenvalue weighted by molar-refractivity contribution is -0.139. The summed E-state index contributed by atoms with van der Waals surface area (Å²) in [5.74, 6) is -0.0643. The molecular formula is C19H26FN3O2. The molecule has 2 fully saturated rings. The maximum absolute atomic E-state index is 12.9. The highest BCUT2D eigenvalue weighted by molar-refractivity contribution is 5.80. The van der Waals surface area contributed by atoms with Crippen LogP contribution in [0.1, 0.15) is 24.8 Å². The standard InChI is InChI=1S/C19H26FN3O2/c20-17-5-3-16(4-6-17)15-19(25)23-13-11-22(12-14-23)18(24)7-10-21-8-1-2-9-21/h3-6H,1-2,7-15H2. The molecular weight excluding hydrogens is 321 g/mol. The Labute approximate surface area is 148 Å². The number of carbonyl (C=O) groups excluding carboxylic acids is 2. The van der Waals surface area contributed by atoms with Crippen LogP contribution in [0.25, 0.3) is 0 Å². The fourth-order valence-electron chi connectivity index (χ4n) is 3.51. The predicted octanol–water partition coefficient (Wildman–Crippen LogP) is 1.52. The minimum atomic E-state index is -0.294. The van der Waals surface area contributed by atoms with Crippen molar-refractivity contribution in [3.8, 4) is 0 Å². The highest BCUT2D eigenvalue weighted by atomic mass is 19.1. The molecule has 2 saturated heterocycles. The lowest BCUT2D eigenvalue weighted by Crippen LogP contribution is -2.51. The Morgan fingerprint density at radius 1 is 0.840 bits per heavy atom. The van der Waals surface area contributed by atoms with Crippen LogP contribution in [0, 0.1) is 5.82 Å². The molecule has 0 spiro atoms. The Morgan fingerprint density at radius 3 is 2.00 bits per heavy atom. The smallest absolute Gasteiger partial charge is 0.227 e. The fourth-order valence-corrected chi connectivity index (χ4v) is 3.51. The Hall–Kier alpha value is -1.95. The molecule has 25 heavy (non-hydrogen) atoms. The molecule has 2 amide bonds. The quantitative estimate of drug-likeness (QED) is 0.811. The Balaban J connectivity index is 1.40. The van der Waals surface area contributed by atoms with Gasteiger partial charge in [-0.2, -0.15) is 0 Å². The maximum atomic E-state index is 12.9. The summed E-state index contributed by atoms with van der Waals surface area (Å²) in [6.07, 6.45) is 3.33. The zero-order chi connectivity index (χ0) is 17.6. The molecule has 5 nitrogen and oxygen atoms in total. The lowest BCUT2D eigenvalue weighted by Gasteiger charge is -2.35. The average molecular weight is 347 g/mol. The van der Waals surface area contributed by atoms with Gasteiger partial charge < -0.3 is 14.7 Å². The van der Waals surface area contributed by atoms with Crippen molar-refractivity contribution in [3.05, 3.63) is 35.6 Å². The van der Waals surface area contributed by atoms with E-state index in [-0.39, 0.29) is 24.1 Å². The summed E-state index contributed by atoms with van der Waals surface area (Å²) >= 11 is 0. The van der Waals surface area contributed by atoms with Crippen LogP contribution in [-0.2, 0) is 16.0 Å². The zero-order valence-electron chi connectivity index (χ0n) is 14.6. The van der Waals surface area contributed by atoms with Crippen molar-refractivity contribution in [1.29, 1.82) is 0 Å². The Bertz CT molecular complexity index is 591. The first kappa shape index (κ1) is 17.9. The molecule has 0 atom stereocenters. The summed E-state index contributed by atoms with van der Waals surface area (Å²) in [4.78, 5) is 30.7. The number of carbonyl (C=O) groups is 2. The van der Waals surface area contributed by atoms with Crippen molar-refractivity contribution in [3.63, 3.8) is 0 Å². The van der Waals surface area contributed by atoms with Crippen LogP contribution < -0.4 is 0 Å². The van der Waals surface area contributed by atoms with Crippen molar-refractivity contribution >= 4 is 11.8 Å². The molecule has 3 rings (SSSR count). The number of amides is 2. The highest BCUT2D eigenvalue weighted by Crippen LogP contribution is 2.11. The van der Waals surface area contributed by atoms with Gasteiger partial charge in [-0.3, -0.25) is 9.59 Å². The molecule has 2 heterocycles. The first-order valence-corrected chi connectivity index (χ1v) is 9.14. The molecule has 1 aromatic rings. The van der Waals surface area contributed by atoms with E-state index in [4.69, 9.17) is 0 Å². The number of hydrogen-bond acceptors (Lipinski definition) is 3. The van der Waals surface area contributed by atoms with Crippen LogP contribution in [0.5, 0.6) is 0 Å². The second-order valence-electron chi connectivity index (χ2n) is 6.86. The molecule has 0 radical (unpaired) electrons. The second kappa shape index (κ2) is 8.43. The van der Waals surface area contributed by atoms with Crippen molar-refractivity contribution in [2.75, 3.05) is 45.8 Å². The first-order chi connectivity index (χ1) is 12.1. The van der Waals surface area contributed by atoms with Gasteiger partial charge in [0.25, 0.3) is 0 Å². The van der Waals surface area contributed by atoms with Gasteiger partial charge >= 0.3 is 0 Å². The van der Waals surface area contributed by atoms with E-state index in [0.29, 0.717) is 32.6 Å². The number of rotatable bonds is 5. The van der Waals surface area contributed by atoms with E-state index >= 15 is 0 Å². The summed E-state index contributed by atoms with van der Waals surface area (Å²) in [5.41, 5.74) is 0.815. The normalized spacial score (nSPS) is 18.6. The van der Waals surface area contributed by atoms with Gasteiger partial charge in [0.05, 0.1) is 6.42 Å². The van der Waals surface area contributed by atoms with E-state index in [1.807, 2.05) is 4.90 Å². The number of likely N-dealkylation sites (tertiary alicyclic amines) is 1. The van der Waals surface area contributed by atoms with Gasteiger partial charge in [-0.05, 0) is 43.6 Å². The molecule has 0 unspecified atom stereocenters. The molecule has 0 bridgehead atoms. The summed E-state index contributed by atoms with van der Waals surface area (Å²) in [6, 6.07) is 6.04. The van der Waals surface area contributed by atoms with Gasteiger partial charge in [0, 0.05) is 39.1 Å². The Morgan fingerprint density at radius 2 is 1.40 bits per heavy atom. The minimum Gasteiger partial charge on any atom is -0.339 e. The van der Waals surface area contributed by atoms with E-state index in [9.17, 15) is 14.0 Å². The number of halogens is 1. The van der Waals surface area contributed by atoms with E-state index < -0.39 is 0 Å². The number of benzene rings is 1. The van der Waals surface area contributed by atoms with Crippen molar-refractivity contribution in [2.45, 2.75) is 25.7 Å². The van der Waals surface area contributed by atoms with Crippen LogP contribution in [0.3, 0.4) is 0 Å². The topological polar surface area (TPSA) is 43.9 Å². The van der Waals surface area contributed by atoms with Crippen LogP contribution in [0.15, 0.2) is 24.3 Å². The summed E-state index contributed by atoms with van der Waals surface area (Å²) < 4.78 is 12.9. The predicted molar refractivity (Wildman–Crippen MR) is 93.6 cm³/mol.